The number of nitrogens with one attached hydrogen (secondary N) is 1. The predicted octanol–water partition coefficient (Wildman–Crippen LogP) is 1.78. The maximum atomic E-state index is 12.5. The fraction of sp³-hybridized carbons (Fsp3) is 0.533. The molecule has 1 fully saturated rings. The highest BCUT2D eigenvalue weighted by Gasteiger charge is 2.33. The van der Waals surface area contributed by atoms with Crippen molar-refractivity contribution in [2.45, 2.75) is 44.7 Å². The molecule has 0 spiro atoms. The van der Waals surface area contributed by atoms with Gasteiger partial charge in [0, 0.05) is 18.3 Å². The van der Waals surface area contributed by atoms with Crippen LogP contribution in [-0.4, -0.2) is 40.4 Å². The molecule has 1 saturated heterocycles. The Labute approximate surface area is 133 Å². The zero-order valence-electron chi connectivity index (χ0n) is 12.4. The number of aliphatic carboxylic acids is 1. The molecule has 0 bridgehead atoms. The van der Waals surface area contributed by atoms with Crippen LogP contribution in [0, 0.1) is 0 Å². The van der Waals surface area contributed by atoms with E-state index in [2.05, 4.69) is 5.32 Å². The van der Waals surface area contributed by atoms with Gasteiger partial charge in [-0.2, -0.15) is 0 Å². The molecule has 2 N–H and O–H groups in total. The van der Waals surface area contributed by atoms with E-state index in [9.17, 15) is 19.5 Å². The molecule has 120 valence electrons. The molecule has 1 aromatic heterocycles. The van der Waals surface area contributed by atoms with Crippen molar-refractivity contribution in [1.29, 1.82) is 0 Å². The predicted molar refractivity (Wildman–Crippen MR) is 82.5 cm³/mol. The summed E-state index contributed by atoms with van der Waals surface area (Å²) in [5.41, 5.74) is 0. The first-order valence-corrected chi connectivity index (χ1v) is 8.19. The average molecular weight is 324 g/mol. The second-order valence-corrected chi connectivity index (χ2v) is 6.39. The fourth-order valence-corrected chi connectivity index (χ4v) is 3.51. The molecule has 7 heteroatoms. The summed E-state index contributed by atoms with van der Waals surface area (Å²) in [5.74, 6) is -1.39. The van der Waals surface area contributed by atoms with Crippen LogP contribution in [0.3, 0.4) is 0 Å². The Morgan fingerprint density at radius 3 is 2.82 bits per heavy atom. The number of hydrogen-bond acceptors (Lipinski definition) is 4. The molecule has 0 aromatic carbocycles. The third kappa shape index (κ3) is 4.07. The largest absolute Gasteiger partial charge is 0.480 e. The monoisotopic (exact) mass is 324 g/mol. The lowest BCUT2D eigenvalue weighted by atomic mass is 10.0. The number of likely N-dealkylation sites (tertiary alicyclic amines) is 1. The quantitative estimate of drug-likeness (QED) is 0.864. The lowest BCUT2D eigenvalue weighted by Crippen LogP contribution is -2.48. The molecule has 2 heterocycles. The summed E-state index contributed by atoms with van der Waals surface area (Å²) in [6, 6.07) is 2.58. The van der Waals surface area contributed by atoms with Gasteiger partial charge in [0.25, 0.3) is 0 Å². The number of thiophene rings is 1. The first kappa shape index (κ1) is 16.5. The Hall–Kier alpha value is -1.89. The second kappa shape index (κ2) is 7.40. The third-order valence-electron chi connectivity index (χ3n) is 3.75. The molecular formula is C15H20N2O4S. The minimum atomic E-state index is -0.958. The van der Waals surface area contributed by atoms with Crippen LogP contribution in [0.25, 0.3) is 0 Å². The minimum absolute atomic E-state index is 0.0872. The van der Waals surface area contributed by atoms with Crippen LogP contribution in [0.1, 0.15) is 43.5 Å². The van der Waals surface area contributed by atoms with Gasteiger partial charge in [0.15, 0.2) is 0 Å². The number of rotatable bonds is 5. The van der Waals surface area contributed by atoms with Crippen LogP contribution in [0.4, 0.5) is 0 Å². The molecule has 6 nitrogen and oxygen atoms in total. The van der Waals surface area contributed by atoms with E-state index >= 15 is 0 Å². The van der Waals surface area contributed by atoms with Crippen molar-refractivity contribution in [3.05, 3.63) is 22.4 Å². The maximum absolute atomic E-state index is 12.5. The van der Waals surface area contributed by atoms with E-state index in [1.54, 1.807) is 0 Å². The van der Waals surface area contributed by atoms with Gasteiger partial charge in [-0.05, 0) is 30.7 Å². The third-order valence-corrected chi connectivity index (χ3v) is 4.74. The fourth-order valence-electron chi connectivity index (χ4n) is 2.74. The molecule has 2 rings (SSSR count). The number of carbonyl (C=O) groups is 3. The summed E-state index contributed by atoms with van der Waals surface area (Å²) in [6.45, 7) is 1.87. The van der Waals surface area contributed by atoms with Gasteiger partial charge in [0.2, 0.25) is 11.8 Å². The molecule has 0 radical (unpaired) electrons. The lowest BCUT2D eigenvalue weighted by Gasteiger charge is -2.34. The number of carbonyl (C=O) groups excluding carboxylic acids is 2. The molecule has 22 heavy (non-hydrogen) atoms. The zero-order valence-corrected chi connectivity index (χ0v) is 13.3. The highest BCUT2D eigenvalue weighted by atomic mass is 32.1. The summed E-state index contributed by atoms with van der Waals surface area (Å²) in [7, 11) is 0. The van der Waals surface area contributed by atoms with Crippen LogP contribution in [-0.2, 0) is 14.4 Å². The van der Waals surface area contributed by atoms with E-state index in [1.165, 1.54) is 23.2 Å². The molecular weight excluding hydrogens is 304 g/mol. The summed E-state index contributed by atoms with van der Waals surface area (Å²) in [5, 5.41) is 13.9. The Morgan fingerprint density at radius 1 is 1.45 bits per heavy atom. The molecule has 1 aliphatic heterocycles. The summed E-state index contributed by atoms with van der Waals surface area (Å²) in [6.07, 6.45) is 2.22. The second-order valence-electron chi connectivity index (χ2n) is 5.41. The van der Waals surface area contributed by atoms with E-state index in [0.717, 1.165) is 17.7 Å². The number of carboxylic acid groups (broad SMARTS) is 1. The maximum Gasteiger partial charge on any atom is 0.326 e. The van der Waals surface area contributed by atoms with E-state index in [4.69, 9.17) is 0 Å². The van der Waals surface area contributed by atoms with Crippen LogP contribution in [0.15, 0.2) is 17.5 Å². The number of nitrogens with zero attached hydrogens (tertiary/aromatic N) is 1. The molecule has 2 amide bonds. The Kier molecular flexibility index (Phi) is 5.54. The van der Waals surface area contributed by atoms with Crippen molar-refractivity contribution >= 4 is 29.1 Å². The number of hydrogen-bond donors (Lipinski definition) is 2. The van der Waals surface area contributed by atoms with Crippen LogP contribution >= 0.6 is 11.3 Å². The topological polar surface area (TPSA) is 86.7 Å². The Morgan fingerprint density at radius 2 is 2.23 bits per heavy atom. The van der Waals surface area contributed by atoms with Gasteiger partial charge in [-0.25, -0.2) is 4.79 Å². The van der Waals surface area contributed by atoms with Crippen molar-refractivity contribution < 1.29 is 19.5 Å². The number of amides is 2. The lowest BCUT2D eigenvalue weighted by molar-refractivity contribution is -0.152. The standard InChI is InChI=1S/C15H20N2O4S/c1-10(18)16-11(13-6-4-8-22-13)9-14(19)17-7-3-2-5-12(17)15(20)21/h4,6,8,11-12H,2-3,5,7,9H2,1H3,(H,16,18)(H,20,21). The van der Waals surface area contributed by atoms with Gasteiger partial charge in [0.1, 0.15) is 6.04 Å². The summed E-state index contributed by atoms with van der Waals surface area (Å²) >= 11 is 1.47. The highest BCUT2D eigenvalue weighted by molar-refractivity contribution is 7.10. The van der Waals surface area contributed by atoms with Crippen molar-refractivity contribution in [2.75, 3.05) is 6.54 Å². The van der Waals surface area contributed by atoms with Gasteiger partial charge >= 0.3 is 5.97 Å². The Balaban J connectivity index is 2.09. The van der Waals surface area contributed by atoms with Crippen molar-refractivity contribution in [3.8, 4) is 0 Å². The zero-order chi connectivity index (χ0) is 16.1. The van der Waals surface area contributed by atoms with E-state index in [-0.39, 0.29) is 18.2 Å². The minimum Gasteiger partial charge on any atom is -0.480 e. The van der Waals surface area contributed by atoms with Gasteiger partial charge < -0.3 is 15.3 Å². The highest BCUT2D eigenvalue weighted by Crippen LogP contribution is 2.25. The molecule has 1 aromatic rings. The van der Waals surface area contributed by atoms with E-state index < -0.39 is 18.1 Å². The van der Waals surface area contributed by atoms with Crippen LogP contribution in [0.2, 0.25) is 0 Å². The van der Waals surface area contributed by atoms with E-state index in [1.807, 2.05) is 17.5 Å². The van der Waals surface area contributed by atoms with Gasteiger partial charge in [0.05, 0.1) is 12.5 Å². The number of piperidine rings is 1. The summed E-state index contributed by atoms with van der Waals surface area (Å²) < 4.78 is 0. The van der Waals surface area contributed by atoms with Gasteiger partial charge in [-0.1, -0.05) is 6.07 Å². The summed E-state index contributed by atoms with van der Waals surface area (Å²) in [4.78, 5) is 37.5. The van der Waals surface area contributed by atoms with Crippen LogP contribution < -0.4 is 5.32 Å². The first-order valence-electron chi connectivity index (χ1n) is 7.32. The van der Waals surface area contributed by atoms with Crippen molar-refractivity contribution in [3.63, 3.8) is 0 Å². The van der Waals surface area contributed by atoms with Crippen molar-refractivity contribution in [2.24, 2.45) is 0 Å². The van der Waals surface area contributed by atoms with Crippen LogP contribution in [0.5, 0.6) is 0 Å². The normalized spacial score (nSPS) is 19.5. The molecule has 0 saturated carbocycles. The number of carboxylic acids is 1. The Bertz CT molecular complexity index is 544. The smallest absolute Gasteiger partial charge is 0.326 e. The van der Waals surface area contributed by atoms with Gasteiger partial charge in [-0.15, -0.1) is 11.3 Å². The molecule has 2 atom stereocenters. The van der Waals surface area contributed by atoms with Crippen molar-refractivity contribution in [1.82, 2.24) is 10.2 Å². The molecule has 0 aliphatic carbocycles. The average Bonchev–Trinajstić information content (AvgIpc) is 3.00. The SMILES string of the molecule is CC(=O)NC(CC(=O)N1CCCCC1C(=O)O)c1cccs1. The van der Waals surface area contributed by atoms with E-state index in [0.29, 0.717) is 13.0 Å². The molecule has 2 unspecified atom stereocenters. The first-order chi connectivity index (χ1) is 10.5. The van der Waals surface area contributed by atoms with Gasteiger partial charge in [-0.3, -0.25) is 9.59 Å². The molecule has 1 aliphatic rings.